The third-order valence-corrected chi connectivity index (χ3v) is 7.14. The summed E-state index contributed by atoms with van der Waals surface area (Å²) in [5.41, 5.74) is 0.491. The number of anilines is 1. The monoisotopic (exact) mass is 396 g/mol. The van der Waals surface area contributed by atoms with Crippen LogP contribution in [0.3, 0.4) is 0 Å². The van der Waals surface area contributed by atoms with Crippen molar-refractivity contribution in [3.63, 3.8) is 0 Å². The first-order valence-electron chi connectivity index (χ1n) is 8.08. The normalized spacial score (nSPS) is 15.0. The molecule has 7 nitrogen and oxygen atoms in total. The Hall–Kier alpha value is -2.10. The molecule has 1 amide bonds. The largest absolute Gasteiger partial charge is 0.493 e. The van der Waals surface area contributed by atoms with Gasteiger partial charge in [-0.3, -0.25) is 4.79 Å². The number of nitrogens with zero attached hydrogens (tertiary/aromatic N) is 1. The minimum Gasteiger partial charge on any atom is -0.493 e. The van der Waals surface area contributed by atoms with Crippen LogP contribution in [0.2, 0.25) is 0 Å². The highest BCUT2D eigenvalue weighted by molar-refractivity contribution is 7.89. The zero-order valence-corrected chi connectivity index (χ0v) is 16.2. The summed E-state index contributed by atoms with van der Waals surface area (Å²) in [6.45, 7) is 0.990. The van der Waals surface area contributed by atoms with Gasteiger partial charge in [0.1, 0.15) is 9.77 Å². The summed E-state index contributed by atoms with van der Waals surface area (Å²) in [6.07, 6.45) is 1.69. The number of carbonyl (C=O) groups excluding carboxylic acids is 1. The van der Waals surface area contributed by atoms with Crippen molar-refractivity contribution in [2.24, 2.45) is 0 Å². The van der Waals surface area contributed by atoms with Gasteiger partial charge in [-0.05, 0) is 36.4 Å². The fourth-order valence-corrected chi connectivity index (χ4v) is 5.65. The zero-order chi connectivity index (χ0) is 18.7. The molecular weight excluding hydrogens is 376 g/mol. The Kier molecular flexibility index (Phi) is 5.49. The van der Waals surface area contributed by atoms with Crippen LogP contribution in [0, 0.1) is 0 Å². The van der Waals surface area contributed by atoms with Gasteiger partial charge in [0, 0.05) is 24.8 Å². The maximum absolute atomic E-state index is 12.8. The molecule has 1 aromatic heterocycles. The Labute approximate surface area is 156 Å². The number of methoxy groups -OCH3 is 2. The fourth-order valence-electron chi connectivity index (χ4n) is 2.84. The number of benzene rings is 1. The van der Waals surface area contributed by atoms with Gasteiger partial charge >= 0.3 is 0 Å². The fraction of sp³-hybridized carbons (Fsp3) is 0.353. The lowest BCUT2D eigenvalue weighted by Gasteiger charge is -2.16. The van der Waals surface area contributed by atoms with Crippen LogP contribution < -0.4 is 14.8 Å². The second-order valence-corrected chi connectivity index (χ2v) is 8.57. The van der Waals surface area contributed by atoms with Crippen LogP contribution in [0.1, 0.15) is 22.5 Å². The van der Waals surface area contributed by atoms with Gasteiger partial charge in [0.05, 0.1) is 14.2 Å². The SMILES string of the molecule is COc1ccc(NC(=O)c2sccc2S(=O)(=O)N2CCCC2)cc1OC. The van der Waals surface area contributed by atoms with Crippen molar-refractivity contribution in [3.05, 3.63) is 34.5 Å². The van der Waals surface area contributed by atoms with Crippen molar-refractivity contribution in [3.8, 4) is 11.5 Å². The van der Waals surface area contributed by atoms with E-state index in [9.17, 15) is 13.2 Å². The van der Waals surface area contributed by atoms with E-state index in [2.05, 4.69) is 5.32 Å². The van der Waals surface area contributed by atoms with Crippen molar-refractivity contribution in [2.75, 3.05) is 32.6 Å². The molecule has 0 atom stereocenters. The van der Waals surface area contributed by atoms with Crippen LogP contribution in [-0.2, 0) is 10.0 Å². The number of carbonyl (C=O) groups is 1. The molecule has 0 radical (unpaired) electrons. The van der Waals surface area contributed by atoms with Crippen molar-refractivity contribution in [1.82, 2.24) is 4.31 Å². The Balaban J connectivity index is 1.85. The number of hydrogen-bond donors (Lipinski definition) is 1. The third-order valence-electron chi connectivity index (χ3n) is 4.16. The Bertz CT molecular complexity index is 902. The smallest absolute Gasteiger partial charge is 0.267 e. The Morgan fingerprint density at radius 1 is 1.12 bits per heavy atom. The molecule has 2 heterocycles. The molecule has 0 spiro atoms. The van der Waals surface area contributed by atoms with Crippen molar-refractivity contribution < 1.29 is 22.7 Å². The minimum atomic E-state index is -3.65. The predicted molar refractivity (Wildman–Crippen MR) is 99.8 cm³/mol. The average Bonchev–Trinajstić information content (AvgIpc) is 3.33. The number of sulfonamides is 1. The summed E-state index contributed by atoms with van der Waals surface area (Å²) in [5, 5.41) is 4.34. The molecule has 0 saturated carbocycles. The summed E-state index contributed by atoms with van der Waals surface area (Å²) in [7, 11) is -0.620. The molecule has 2 aromatic rings. The molecule has 0 bridgehead atoms. The lowest BCUT2D eigenvalue weighted by Crippen LogP contribution is -2.29. The number of rotatable bonds is 6. The van der Waals surface area contributed by atoms with Crippen LogP contribution in [0.5, 0.6) is 11.5 Å². The van der Waals surface area contributed by atoms with Gasteiger partial charge in [0.25, 0.3) is 5.91 Å². The maximum Gasteiger partial charge on any atom is 0.267 e. The molecule has 140 valence electrons. The van der Waals surface area contributed by atoms with E-state index >= 15 is 0 Å². The first-order valence-corrected chi connectivity index (χ1v) is 10.4. The molecule has 9 heteroatoms. The Morgan fingerprint density at radius 3 is 2.46 bits per heavy atom. The number of ether oxygens (including phenoxy) is 2. The topological polar surface area (TPSA) is 84.9 Å². The number of nitrogens with one attached hydrogen (secondary N) is 1. The summed E-state index contributed by atoms with van der Waals surface area (Å²) >= 11 is 1.11. The van der Waals surface area contributed by atoms with E-state index in [0.29, 0.717) is 30.3 Å². The van der Waals surface area contributed by atoms with Crippen molar-refractivity contribution in [2.45, 2.75) is 17.7 Å². The molecule has 1 N–H and O–H groups in total. The number of thiophene rings is 1. The average molecular weight is 396 g/mol. The van der Waals surface area contributed by atoms with Gasteiger partial charge in [0.15, 0.2) is 11.5 Å². The van der Waals surface area contributed by atoms with Gasteiger partial charge in [0.2, 0.25) is 10.0 Å². The highest BCUT2D eigenvalue weighted by Gasteiger charge is 2.31. The second-order valence-electron chi connectivity index (χ2n) is 5.75. The van der Waals surface area contributed by atoms with Gasteiger partial charge in [-0.15, -0.1) is 11.3 Å². The van der Waals surface area contributed by atoms with E-state index in [0.717, 1.165) is 24.2 Å². The van der Waals surface area contributed by atoms with E-state index in [1.54, 1.807) is 23.6 Å². The molecule has 1 saturated heterocycles. The maximum atomic E-state index is 12.8. The van der Waals surface area contributed by atoms with Crippen LogP contribution in [0.4, 0.5) is 5.69 Å². The first-order chi connectivity index (χ1) is 12.5. The molecule has 1 aliphatic heterocycles. The van der Waals surface area contributed by atoms with E-state index in [-0.39, 0.29) is 9.77 Å². The first kappa shape index (κ1) is 18.7. The van der Waals surface area contributed by atoms with Gasteiger partial charge in [-0.25, -0.2) is 8.42 Å². The van der Waals surface area contributed by atoms with Crippen molar-refractivity contribution >= 4 is 33.0 Å². The highest BCUT2D eigenvalue weighted by atomic mass is 32.2. The van der Waals surface area contributed by atoms with Gasteiger partial charge in [-0.1, -0.05) is 0 Å². The van der Waals surface area contributed by atoms with Crippen LogP contribution in [0.25, 0.3) is 0 Å². The van der Waals surface area contributed by atoms with Gasteiger partial charge < -0.3 is 14.8 Å². The Morgan fingerprint density at radius 2 is 1.81 bits per heavy atom. The standard InChI is InChI=1S/C17H20N2O5S2/c1-23-13-6-5-12(11-14(13)24-2)18-17(20)16-15(7-10-25-16)26(21,22)19-8-3-4-9-19/h5-7,10-11H,3-4,8-9H2,1-2H3,(H,18,20). The van der Waals surface area contributed by atoms with Crippen LogP contribution >= 0.6 is 11.3 Å². The number of hydrogen-bond acceptors (Lipinski definition) is 6. The number of amides is 1. The van der Waals surface area contributed by atoms with Crippen molar-refractivity contribution in [1.29, 1.82) is 0 Å². The third kappa shape index (κ3) is 3.55. The highest BCUT2D eigenvalue weighted by Crippen LogP contribution is 2.31. The lowest BCUT2D eigenvalue weighted by molar-refractivity contribution is 0.102. The molecule has 1 aromatic carbocycles. The van der Waals surface area contributed by atoms with E-state index in [1.807, 2.05) is 0 Å². The van der Waals surface area contributed by atoms with E-state index in [4.69, 9.17) is 9.47 Å². The zero-order valence-electron chi connectivity index (χ0n) is 14.5. The predicted octanol–water partition coefficient (Wildman–Crippen LogP) is 2.80. The molecular formula is C17H20N2O5S2. The van der Waals surface area contributed by atoms with Crippen LogP contribution in [0.15, 0.2) is 34.5 Å². The van der Waals surface area contributed by atoms with Crippen LogP contribution in [-0.4, -0.2) is 45.9 Å². The minimum absolute atomic E-state index is 0.0578. The second kappa shape index (κ2) is 7.65. The van der Waals surface area contributed by atoms with E-state index in [1.165, 1.54) is 24.6 Å². The quantitative estimate of drug-likeness (QED) is 0.812. The van der Waals surface area contributed by atoms with E-state index < -0.39 is 15.9 Å². The summed E-state index contributed by atoms with van der Waals surface area (Å²) in [6, 6.07) is 6.45. The van der Waals surface area contributed by atoms with Gasteiger partial charge in [-0.2, -0.15) is 4.31 Å². The molecule has 1 aliphatic rings. The molecule has 0 unspecified atom stereocenters. The molecule has 0 aliphatic carbocycles. The molecule has 1 fully saturated rings. The summed E-state index contributed by atoms with van der Waals surface area (Å²) in [5.74, 6) is 0.547. The molecule has 3 rings (SSSR count). The molecule has 26 heavy (non-hydrogen) atoms. The summed E-state index contributed by atoms with van der Waals surface area (Å²) < 4.78 is 37.4. The summed E-state index contributed by atoms with van der Waals surface area (Å²) in [4.78, 5) is 12.9. The lowest BCUT2D eigenvalue weighted by atomic mass is 10.2.